The summed E-state index contributed by atoms with van der Waals surface area (Å²) >= 11 is 0. The summed E-state index contributed by atoms with van der Waals surface area (Å²) in [6.45, 7) is 5.07. The summed E-state index contributed by atoms with van der Waals surface area (Å²) in [7, 11) is 0. The van der Waals surface area contributed by atoms with Crippen molar-refractivity contribution in [3.8, 4) is 0 Å². The highest BCUT2D eigenvalue weighted by molar-refractivity contribution is 5.91. The van der Waals surface area contributed by atoms with Crippen LogP contribution in [0.5, 0.6) is 0 Å². The summed E-state index contributed by atoms with van der Waals surface area (Å²) in [5, 5.41) is 0. The molecule has 10 heavy (non-hydrogen) atoms. The van der Waals surface area contributed by atoms with Crippen molar-refractivity contribution in [3.63, 3.8) is 0 Å². The first-order valence-corrected chi connectivity index (χ1v) is 2.94. The van der Waals surface area contributed by atoms with E-state index in [1.807, 2.05) is 0 Å². The predicted octanol–water partition coefficient (Wildman–Crippen LogP) is -0.0687. The van der Waals surface area contributed by atoms with Crippen LogP contribution in [0.3, 0.4) is 0 Å². The Kier molecular flexibility index (Phi) is 3.43. The van der Waals surface area contributed by atoms with E-state index in [0.717, 1.165) is 0 Å². The number of carbonyl (C=O) groups is 1. The molecular weight excluding hydrogens is 128 g/mol. The lowest BCUT2D eigenvalue weighted by atomic mass is 10.2. The number of primary amides is 1. The van der Waals surface area contributed by atoms with Gasteiger partial charge in [-0.25, -0.2) is 0 Å². The molecule has 0 aromatic carbocycles. The van der Waals surface area contributed by atoms with Crippen molar-refractivity contribution in [2.75, 3.05) is 0 Å². The van der Waals surface area contributed by atoms with Gasteiger partial charge in [-0.05, 0) is 6.92 Å². The molecule has 56 valence electrons. The van der Waals surface area contributed by atoms with Gasteiger partial charge in [0, 0.05) is 11.6 Å². The largest absolute Gasteiger partial charge is 0.366 e. The first-order chi connectivity index (χ1) is 4.57. The molecule has 1 amide bonds. The molecule has 0 aromatic heterocycles. The van der Waals surface area contributed by atoms with Crippen molar-refractivity contribution in [2.45, 2.75) is 13.0 Å². The Morgan fingerprint density at radius 2 is 2.20 bits per heavy atom. The van der Waals surface area contributed by atoms with Gasteiger partial charge >= 0.3 is 0 Å². The van der Waals surface area contributed by atoms with Gasteiger partial charge in [0.2, 0.25) is 5.91 Å². The highest BCUT2D eigenvalue weighted by Gasteiger charge is 1.97. The van der Waals surface area contributed by atoms with Crippen molar-refractivity contribution in [1.29, 1.82) is 0 Å². The van der Waals surface area contributed by atoms with Crippen LogP contribution in [0.4, 0.5) is 0 Å². The van der Waals surface area contributed by atoms with Gasteiger partial charge in [-0.1, -0.05) is 12.2 Å². The molecule has 1 atom stereocenters. The van der Waals surface area contributed by atoms with Crippen LogP contribution in [0, 0.1) is 0 Å². The topological polar surface area (TPSA) is 69.1 Å². The van der Waals surface area contributed by atoms with E-state index in [-0.39, 0.29) is 6.04 Å². The van der Waals surface area contributed by atoms with Gasteiger partial charge in [-0.2, -0.15) is 0 Å². The fourth-order valence-electron chi connectivity index (χ4n) is 0.439. The molecule has 0 bridgehead atoms. The molecule has 1 unspecified atom stereocenters. The van der Waals surface area contributed by atoms with Crippen LogP contribution in [-0.4, -0.2) is 11.9 Å². The third kappa shape index (κ3) is 3.04. The van der Waals surface area contributed by atoms with Crippen LogP contribution in [-0.2, 0) is 4.79 Å². The fraction of sp³-hybridized carbons (Fsp3) is 0.286. The molecule has 4 N–H and O–H groups in total. The van der Waals surface area contributed by atoms with Crippen molar-refractivity contribution in [3.05, 3.63) is 24.3 Å². The third-order valence-corrected chi connectivity index (χ3v) is 1.10. The van der Waals surface area contributed by atoms with E-state index in [1.165, 1.54) is 6.08 Å². The van der Waals surface area contributed by atoms with E-state index < -0.39 is 5.91 Å². The Balaban J connectivity index is 4.15. The van der Waals surface area contributed by atoms with Crippen molar-refractivity contribution < 1.29 is 4.79 Å². The number of hydrogen-bond donors (Lipinski definition) is 2. The molecule has 0 aliphatic carbocycles. The lowest BCUT2D eigenvalue weighted by Gasteiger charge is -1.98. The molecule has 0 radical (unpaired) electrons. The summed E-state index contributed by atoms with van der Waals surface area (Å²) in [4.78, 5) is 10.4. The van der Waals surface area contributed by atoms with Gasteiger partial charge < -0.3 is 11.5 Å². The maximum atomic E-state index is 10.4. The van der Waals surface area contributed by atoms with Crippen LogP contribution in [0.2, 0.25) is 0 Å². The summed E-state index contributed by atoms with van der Waals surface area (Å²) in [5.74, 6) is -0.447. The first-order valence-electron chi connectivity index (χ1n) is 2.94. The second-order valence-corrected chi connectivity index (χ2v) is 2.03. The van der Waals surface area contributed by atoms with Crippen LogP contribution < -0.4 is 11.5 Å². The van der Waals surface area contributed by atoms with Crippen LogP contribution in [0.25, 0.3) is 0 Å². The van der Waals surface area contributed by atoms with E-state index in [2.05, 4.69) is 6.58 Å². The standard InChI is InChI=1S/C7H12N2O/c1-3-6(8)4-5(2)7(9)10/h3-4,6H,1,8H2,2H3,(H2,9,10). The SMILES string of the molecule is C=CC(N)C=C(C)C(N)=O. The molecule has 3 heteroatoms. The van der Waals surface area contributed by atoms with Crippen LogP contribution >= 0.6 is 0 Å². The zero-order valence-corrected chi connectivity index (χ0v) is 6.00. The molecule has 3 nitrogen and oxygen atoms in total. The number of carbonyl (C=O) groups excluding carboxylic acids is 1. The first kappa shape index (κ1) is 8.91. The van der Waals surface area contributed by atoms with E-state index in [9.17, 15) is 4.79 Å². The van der Waals surface area contributed by atoms with Gasteiger partial charge in [0.25, 0.3) is 0 Å². The highest BCUT2D eigenvalue weighted by atomic mass is 16.1. The zero-order chi connectivity index (χ0) is 8.15. The lowest BCUT2D eigenvalue weighted by molar-refractivity contribution is -0.114. The second kappa shape index (κ2) is 3.85. The molecule has 0 fully saturated rings. The number of rotatable bonds is 3. The van der Waals surface area contributed by atoms with Crippen molar-refractivity contribution in [2.24, 2.45) is 11.5 Å². The molecule has 0 spiro atoms. The second-order valence-electron chi connectivity index (χ2n) is 2.03. The number of hydrogen-bond acceptors (Lipinski definition) is 2. The average Bonchev–Trinajstić information content (AvgIpc) is 1.87. The monoisotopic (exact) mass is 140 g/mol. The molecule has 0 heterocycles. The number of nitrogens with two attached hydrogens (primary N) is 2. The van der Waals surface area contributed by atoms with Gasteiger partial charge in [0.15, 0.2) is 0 Å². The fourth-order valence-corrected chi connectivity index (χ4v) is 0.439. The van der Waals surface area contributed by atoms with E-state index in [4.69, 9.17) is 11.5 Å². The Bertz CT molecular complexity index is 172. The Morgan fingerprint density at radius 3 is 2.50 bits per heavy atom. The smallest absolute Gasteiger partial charge is 0.244 e. The predicted molar refractivity (Wildman–Crippen MR) is 41.1 cm³/mol. The highest BCUT2D eigenvalue weighted by Crippen LogP contribution is 1.92. The molecule has 0 aliphatic rings. The molecule has 0 aliphatic heterocycles. The summed E-state index contributed by atoms with van der Waals surface area (Å²) in [6, 6.07) is -0.285. The summed E-state index contributed by atoms with van der Waals surface area (Å²) < 4.78 is 0. The summed E-state index contributed by atoms with van der Waals surface area (Å²) in [6.07, 6.45) is 3.10. The van der Waals surface area contributed by atoms with E-state index >= 15 is 0 Å². The minimum atomic E-state index is -0.447. The minimum absolute atomic E-state index is 0.285. The Hall–Kier alpha value is -1.09. The van der Waals surface area contributed by atoms with Gasteiger partial charge in [-0.15, -0.1) is 6.58 Å². The van der Waals surface area contributed by atoms with Gasteiger partial charge in [0.1, 0.15) is 0 Å². The van der Waals surface area contributed by atoms with Gasteiger partial charge in [-0.3, -0.25) is 4.79 Å². The maximum Gasteiger partial charge on any atom is 0.244 e. The maximum absolute atomic E-state index is 10.4. The van der Waals surface area contributed by atoms with Crippen molar-refractivity contribution in [1.82, 2.24) is 0 Å². The van der Waals surface area contributed by atoms with Crippen molar-refractivity contribution >= 4 is 5.91 Å². The molecule has 0 aromatic rings. The van der Waals surface area contributed by atoms with E-state index in [1.54, 1.807) is 13.0 Å². The Labute approximate surface area is 60.4 Å². The summed E-state index contributed by atoms with van der Waals surface area (Å²) in [5.41, 5.74) is 10.8. The third-order valence-electron chi connectivity index (χ3n) is 1.10. The van der Waals surface area contributed by atoms with Crippen LogP contribution in [0.1, 0.15) is 6.92 Å². The molecule has 0 rings (SSSR count). The molecule has 0 saturated heterocycles. The number of amides is 1. The average molecular weight is 140 g/mol. The zero-order valence-electron chi connectivity index (χ0n) is 6.00. The normalized spacial score (nSPS) is 14.4. The van der Waals surface area contributed by atoms with Crippen LogP contribution in [0.15, 0.2) is 24.3 Å². The van der Waals surface area contributed by atoms with Gasteiger partial charge in [0.05, 0.1) is 0 Å². The minimum Gasteiger partial charge on any atom is -0.366 e. The van der Waals surface area contributed by atoms with E-state index in [0.29, 0.717) is 5.57 Å². The Morgan fingerprint density at radius 1 is 1.70 bits per heavy atom. The lowest BCUT2D eigenvalue weighted by Crippen LogP contribution is -2.18. The molecular formula is C7H12N2O. The molecule has 0 saturated carbocycles. The quantitative estimate of drug-likeness (QED) is 0.425.